The summed E-state index contributed by atoms with van der Waals surface area (Å²) in [5.41, 5.74) is -0.361. The Morgan fingerprint density at radius 2 is 2.00 bits per heavy atom. The van der Waals surface area contributed by atoms with Crippen LogP contribution in [0.4, 0.5) is 18.9 Å². The second-order valence-electron chi connectivity index (χ2n) is 5.99. The van der Waals surface area contributed by atoms with Gasteiger partial charge in [0.15, 0.2) is 0 Å². The van der Waals surface area contributed by atoms with Crippen molar-refractivity contribution in [3.8, 4) is 0 Å². The van der Waals surface area contributed by atoms with Gasteiger partial charge in [-0.1, -0.05) is 36.8 Å². The number of carbonyl (C=O) groups excluding carboxylic acids is 1. The van der Waals surface area contributed by atoms with Gasteiger partial charge in [-0.05, 0) is 25.1 Å². The van der Waals surface area contributed by atoms with Crippen LogP contribution in [0, 0.1) is 6.92 Å². The van der Waals surface area contributed by atoms with Crippen LogP contribution in [0.5, 0.6) is 0 Å². The summed E-state index contributed by atoms with van der Waals surface area (Å²) in [5.74, 6) is 0.269. The van der Waals surface area contributed by atoms with Gasteiger partial charge in [-0.25, -0.2) is 0 Å². The van der Waals surface area contributed by atoms with E-state index >= 15 is 0 Å². The highest BCUT2D eigenvalue weighted by atomic mass is 35.5. The Balaban J connectivity index is 1.96. The number of benzene rings is 1. The van der Waals surface area contributed by atoms with Gasteiger partial charge in [0.1, 0.15) is 10.7 Å². The number of nitrogens with one attached hydrogen (secondary N) is 1. The van der Waals surface area contributed by atoms with E-state index in [0.29, 0.717) is 21.4 Å². The van der Waals surface area contributed by atoms with E-state index in [1.165, 1.54) is 0 Å². The van der Waals surface area contributed by atoms with Gasteiger partial charge < -0.3 is 5.32 Å². The predicted molar refractivity (Wildman–Crippen MR) is 94.1 cm³/mol. The zero-order valence-electron chi connectivity index (χ0n) is 14.0. The van der Waals surface area contributed by atoms with E-state index in [4.69, 9.17) is 11.6 Å². The zero-order valence-corrected chi connectivity index (χ0v) is 15.6. The average Bonchev–Trinajstić information content (AvgIpc) is 3.09. The maximum absolute atomic E-state index is 12.9. The zero-order chi connectivity index (χ0) is 19.2. The molecule has 10 heteroatoms. The molecule has 0 spiro atoms. The molecule has 0 radical (unpaired) electrons. The third kappa shape index (κ3) is 3.28. The fourth-order valence-corrected chi connectivity index (χ4v) is 3.62. The molecule has 5 nitrogen and oxygen atoms in total. The number of amides is 1. The second-order valence-corrected chi connectivity index (χ2v) is 7.38. The minimum atomic E-state index is -4.53. The summed E-state index contributed by atoms with van der Waals surface area (Å²) >= 11 is 7.05. The number of halogens is 4. The molecular formula is C16H14ClF3N4OS. The predicted octanol–water partition coefficient (Wildman–Crippen LogP) is 5.15. The number of thiazole rings is 1. The van der Waals surface area contributed by atoms with E-state index in [9.17, 15) is 18.0 Å². The number of alkyl halides is 3. The first-order chi connectivity index (χ1) is 12.1. The monoisotopic (exact) mass is 402 g/mol. The Bertz CT molecular complexity index is 993. The van der Waals surface area contributed by atoms with E-state index < -0.39 is 17.6 Å². The molecule has 0 bridgehead atoms. The number of carbonyl (C=O) groups is 1. The maximum Gasteiger partial charge on any atom is 0.416 e. The molecule has 3 aromatic rings. The molecule has 0 aliphatic carbocycles. The van der Waals surface area contributed by atoms with Crippen LogP contribution in [0.1, 0.15) is 46.5 Å². The highest BCUT2D eigenvalue weighted by Crippen LogP contribution is 2.34. The summed E-state index contributed by atoms with van der Waals surface area (Å²) in [6, 6.07) is 2.79. The summed E-state index contributed by atoms with van der Waals surface area (Å²) in [5, 5.41) is 10.6. The summed E-state index contributed by atoms with van der Waals surface area (Å²) in [4.78, 5) is 13.5. The first-order valence-corrected chi connectivity index (χ1v) is 8.81. The Morgan fingerprint density at radius 3 is 2.62 bits per heavy atom. The lowest BCUT2D eigenvalue weighted by Crippen LogP contribution is -2.14. The van der Waals surface area contributed by atoms with Crippen LogP contribution in [-0.2, 0) is 6.18 Å². The van der Waals surface area contributed by atoms with Gasteiger partial charge in [-0.2, -0.15) is 13.2 Å². The Hall–Kier alpha value is -2.13. The number of rotatable bonds is 3. The number of hydrogen-bond donors (Lipinski definition) is 1. The van der Waals surface area contributed by atoms with Crippen molar-refractivity contribution in [2.24, 2.45) is 0 Å². The molecule has 0 fully saturated rings. The van der Waals surface area contributed by atoms with Crippen LogP contribution in [0.15, 0.2) is 18.2 Å². The molecule has 0 aliphatic rings. The summed E-state index contributed by atoms with van der Waals surface area (Å²) in [6.07, 6.45) is -4.53. The third-order valence-electron chi connectivity index (χ3n) is 3.78. The lowest BCUT2D eigenvalue weighted by atomic mass is 10.2. The molecule has 0 unspecified atom stereocenters. The molecule has 1 aromatic carbocycles. The van der Waals surface area contributed by atoms with Crippen LogP contribution >= 0.6 is 22.9 Å². The van der Waals surface area contributed by atoms with Crippen LogP contribution in [0.2, 0.25) is 5.02 Å². The van der Waals surface area contributed by atoms with E-state index in [1.807, 2.05) is 13.8 Å². The number of fused-ring (bicyclic) bond motifs is 1. The van der Waals surface area contributed by atoms with Crippen LogP contribution in [-0.4, -0.2) is 20.5 Å². The normalized spacial score (nSPS) is 12.2. The summed E-state index contributed by atoms with van der Waals surface area (Å²) < 4.78 is 40.4. The van der Waals surface area contributed by atoms with Crippen molar-refractivity contribution >= 4 is 39.5 Å². The van der Waals surface area contributed by atoms with Crippen molar-refractivity contribution in [3.05, 3.63) is 45.2 Å². The largest absolute Gasteiger partial charge is 0.416 e. The number of aromatic nitrogens is 3. The molecule has 26 heavy (non-hydrogen) atoms. The smallest absolute Gasteiger partial charge is 0.320 e. The van der Waals surface area contributed by atoms with Crippen molar-refractivity contribution in [3.63, 3.8) is 0 Å². The summed E-state index contributed by atoms with van der Waals surface area (Å²) in [7, 11) is 0. The molecule has 0 aliphatic heterocycles. The Morgan fingerprint density at radius 1 is 1.31 bits per heavy atom. The highest BCUT2D eigenvalue weighted by Gasteiger charge is 2.31. The van der Waals surface area contributed by atoms with Crippen molar-refractivity contribution in [1.82, 2.24) is 14.6 Å². The molecule has 2 aromatic heterocycles. The molecule has 0 saturated heterocycles. The van der Waals surface area contributed by atoms with E-state index in [2.05, 4.69) is 15.5 Å². The number of nitrogens with zero attached hydrogens (tertiary/aromatic N) is 3. The van der Waals surface area contributed by atoms with E-state index in [1.54, 1.807) is 11.3 Å². The summed E-state index contributed by atoms with van der Waals surface area (Å²) in [6.45, 7) is 5.65. The van der Waals surface area contributed by atoms with Gasteiger partial charge in [0.2, 0.25) is 4.96 Å². The van der Waals surface area contributed by atoms with Crippen molar-refractivity contribution < 1.29 is 18.0 Å². The second kappa shape index (κ2) is 6.55. The van der Waals surface area contributed by atoms with Gasteiger partial charge in [-0.3, -0.25) is 9.20 Å². The minimum absolute atomic E-state index is 0.0230. The molecule has 0 atom stereocenters. The van der Waals surface area contributed by atoms with Crippen LogP contribution in [0.3, 0.4) is 0 Å². The van der Waals surface area contributed by atoms with Crippen molar-refractivity contribution in [2.45, 2.75) is 32.9 Å². The van der Waals surface area contributed by atoms with Gasteiger partial charge >= 0.3 is 6.18 Å². The molecule has 3 rings (SSSR count). The third-order valence-corrected chi connectivity index (χ3v) is 5.24. The molecule has 1 amide bonds. The van der Waals surface area contributed by atoms with Crippen molar-refractivity contribution in [1.29, 1.82) is 0 Å². The number of anilines is 1. The maximum atomic E-state index is 12.9. The Kier molecular flexibility index (Phi) is 4.70. The fraction of sp³-hybridized carbons (Fsp3) is 0.312. The van der Waals surface area contributed by atoms with Gasteiger partial charge in [-0.15, -0.1) is 10.2 Å². The van der Waals surface area contributed by atoms with E-state index in [0.717, 1.165) is 29.5 Å². The first kappa shape index (κ1) is 18.7. The number of aryl methyl sites for hydroxylation is 1. The minimum Gasteiger partial charge on any atom is -0.320 e. The first-order valence-electron chi connectivity index (χ1n) is 7.62. The SMILES string of the molecule is Cc1c(C(=O)Nc2cc(C(F)(F)F)ccc2Cl)sc2nnc(C(C)C)n12. The Labute approximate surface area is 155 Å². The lowest BCUT2D eigenvalue weighted by Gasteiger charge is -2.11. The van der Waals surface area contributed by atoms with Crippen LogP contribution < -0.4 is 5.32 Å². The van der Waals surface area contributed by atoms with Gasteiger partial charge in [0.05, 0.1) is 16.3 Å². The molecule has 1 N–H and O–H groups in total. The number of hydrogen-bond acceptors (Lipinski definition) is 4. The highest BCUT2D eigenvalue weighted by molar-refractivity contribution is 7.19. The van der Waals surface area contributed by atoms with Gasteiger partial charge in [0, 0.05) is 11.6 Å². The average molecular weight is 403 g/mol. The van der Waals surface area contributed by atoms with Gasteiger partial charge in [0.25, 0.3) is 5.91 Å². The molecular weight excluding hydrogens is 389 g/mol. The molecule has 0 saturated carbocycles. The van der Waals surface area contributed by atoms with E-state index in [-0.39, 0.29) is 16.6 Å². The van der Waals surface area contributed by atoms with Crippen molar-refractivity contribution in [2.75, 3.05) is 5.32 Å². The standard InChI is InChI=1S/C16H14ClF3N4OS/c1-7(2)13-22-23-15-24(13)8(3)12(26-15)14(25)21-11-6-9(16(18,19)20)4-5-10(11)17/h4-7H,1-3H3,(H,21,25). The molecule has 138 valence electrons. The fourth-order valence-electron chi connectivity index (χ4n) is 2.49. The van der Waals surface area contributed by atoms with Crippen LogP contribution in [0.25, 0.3) is 4.96 Å². The molecule has 2 heterocycles. The quantitative estimate of drug-likeness (QED) is 0.659. The topological polar surface area (TPSA) is 59.3 Å². The lowest BCUT2D eigenvalue weighted by molar-refractivity contribution is -0.137.